The summed E-state index contributed by atoms with van der Waals surface area (Å²) in [4.78, 5) is 14.4. The van der Waals surface area contributed by atoms with Crippen LogP contribution in [0.5, 0.6) is 0 Å². The molecule has 0 saturated carbocycles. The molecule has 3 rings (SSSR count). The lowest BCUT2D eigenvalue weighted by Crippen LogP contribution is -2.30. The zero-order chi connectivity index (χ0) is 19.2. The summed E-state index contributed by atoms with van der Waals surface area (Å²) in [6.45, 7) is 5.69. The Kier molecular flexibility index (Phi) is 6.26. The van der Waals surface area contributed by atoms with Gasteiger partial charge in [-0.1, -0.05) is 6.07 Å². The van der Waals surface area contributed by atoms with Crippen molar-refractivity contribution in [3.05, 3.63) is 29.0 Å². The van der Waals surface area contributed by atoms with Crippen molar-refractivity contribution in [2.45, 2.75) is 44.0 Å². The number of aromatic carboxylic acids is 1. The molecule has 27 heavy (non-hydrogen) atoms. The topological polar surface area (TPSA) is 106 Å². The molecule has 1 aromatic carbocycles. The molecule has 9 heteroatoms. The number of carbonyl (C=O) groups is 1. The first kappa shape index (κ1) is 21.7. The summed E-state index contributed by atoms with van der Waals surface area (Å²) in [6.07, 6.45) is 1.58. The number of nitrogens with two attached hydrogens (primary N) is 1. The Morgan fingerprint density at radius 2 is 1.89 bits per heavy atom. The molecule has 1 saturated heterocycles. The molecule has 1 aliphatic heterocycles. The van der Waals surface area contributed by atoms with Crippen molar-refractivity contribution in [3.8, 4) is 0 Å². The Hall–Kier alpha value is -1.61. The van der Waals surface area contributed by atoms with Crippen LogP contribution in [0.4, 0.5) is 0 Å². The van der Waals surface area contributed by atoms with Crippen molar-refractivity contribution in [2.75, 3.05) is 20.1 Å². The smallest absolute Gasteiger partial charge is 0.352 e. The second-order valence-electron chi connectivity index (χ2n) is 7.04. The number of piperidine rings is 1. The molecule has 0 bridgehead atoms. The van der Waals surface area contributed by atoms with E-state index in [1.54, 1.807) is 23.6 Å². The Morgan fingerprint density at radius 1 is 1.30 bits per heavy atom. The van der Waals surface area contributed by atoms with Gasteiger partial charge in [-0.15, -0.1) is 12.4 Å². The van der Waals surface area contributed by atoms with Crippen molar-refractivity contribution >= 4 is 39.3 Å². The number of aryl methyl sites for hydroxylation is 2. The van der Waals surface area contributed by atoms with Crippen LogP contribution in [0.25, 0.3) is 10.9 Å². The Labute approximate surface area is 165 Å². The molecule has 150 valence electrons. The molecule has 0 aliphatic carbocycles. The van der Waals surface area contributed by atoms with Crippen molar-refractivity contribution in [2.24, 2.45) is 5.14 Å². The average molecular weight is 416 g/mol. The number of sulfonamides is 1. The van der Waals surface area contributed by atoms with E-state index in [1.807, 2.05) is 14.0 Å². The van der Waals surface area contributed by atoms with E-state index in [2.05, 4.69) is 4.90 Å². The van der Waals surface area contributed by atoms with E-state index in [4.69, 9.17) is 5.14 Å². The monoisotopic (exact) mass is 415 g/mol. The van der Waals surface area contributed by atoms with Gasteiger partial charge in [0.2, 0.25) is 10.0 Å². The van der Waals surface area contributed by atoms with Crippen LogP contribution >= 0.6 is 12.4 Å². The molecule has 1 aliphatic rings. The maximum Gasteiger partial charge on any atom is 0.352 e. The minimum atomic E-state index is -3.99. The minimum absolute atomic E-state index is 0. The number of primary sulfonamides is 1. The lowest BCUT2D eigenvalue weighted by molar-refractivity contribution is 0.0683. The van der Waals surface area contributed by atoms with Gasteiger partial charge in [0.1, 0.15) is 5.69 Å². The Bertz CT molecular complexity index is 976. The molecule has 1 fully saturated rings. The van der Waals surface area contributed by atoms with Gasteiger partial charge < -0.3 is 14.6 Å². The number of aromatic nitrogens is 1. The highest BCUT2D eigenvalue weighted by atomic mass is 35.5. The normalized spacial score (nSPS) is 16.4. The van der Waals surface area contributed by atoms with Gasteiger partial charge in [-0.05, 0) is 69.9 Å². The summed E-state index contributed by atoms with van der Waals surface area (Å²) < 4.78 is 26.4. The summed E-state index contributed by atoms with van der Waals surface area (Å²) in [5.41, 5.74) is 1.97. The maximum absolute atomic E-state index is 12.3. The first-order chi connectivity index (χ1) is 12.2. The first-order valence-corrected chi connectivity index (χ1v) is 10.3. The number of nitrogens with zero attached hydrogens (tertiary/aromatic N) is 2. The molecule has 2 aromatic rings. The second kappa shape index (κ2) is 7.79. The van der Waals surface area contributed by atoms with E-state index in [0.717, 1.165) is 25.9 Å². The molecule has 0 atom stereocenters. The second-order valence-corrected chi connectivity index (χ2v) is 8.54. The minimum Gasteiger partial charge on any atom is -0.477 e. The molecular formula is C18H26ClN3O4S. The molecule has 0 amide bonds. The number of rotatable bonds is 4. The average Bonchev–Trinajstić information content (AvgIpc) is 2.88. The molecular weight excluding hydrogens is 390 g/mol. The lowest BCUT2D eigenvalue weighted by Gasteiger charge is -2.29. The van der Waals surface area contributed by atoms with Crippen LogP contribution in [-0.4, -0.2) is 49.1 Å². The standard InChI is InChI=1S/C18H25N3O4S.ClH/c1-4-21-13-6-5-11(2)17(26(19,24)25)15(13)14(16(21)18(22)23)12-7-9-20(3)10-8-12;/h5-6,12H,4,7-10H2,1-3H3,(H,22,23)(H2,19,24,25);1H. The van der Waals surface area contributed by atoms with Crippen molar-refractivity contribution in [1.82, 2.24) is 9.47 Å². The third-order valence-corrected chi connectivity index (χ3v) is 6.44. The molecule has 0 unspecified atom stereocenters. The number of hydrogen-bond donors (Lipinski definition) is 2. The highest BCUT2D eigenvalue weighted by Crippen LogP contribution is 2.41. The van der Waals surface area contributed by atoms with Crippen LogP contribution in [0.3, 0.4) is 0 Å². The van der Waals surface area contributed by atoms with Crippen LogP contribution in [0.15, 0.2) is 17.0 Å². The van der Waals surface area contributed by atoms with E-state index >= 15 is 0 Å². The first-order valence-electron chi connectivity index (χ1n) is 8.77. The number of benzene rings is 1. The summed E-state index contributed by atoms with van der Waals surface area (Å²) in [5.74, 6) is -1.04. The predicted octanol–water partition coefficient (Wildman–Crippen LogP) is 2.55. The van der Waals surface area contributed by atoms with Gasteiger partial charge in [0.15, 0.2) is 0 Å². The summed E-state index contributed by atoms with van der Waals surface area (Å²) in [7, 11) is -1.95. The molecule has 3 N–H and O–H groups in total. The van der Waals surface area contributed by atoms with Gasteiger partial charge in [-0.3, -0.25) is 0 Å². The number of halogens is 1. The van der Waals surface area contributed by atoms with E-state index < -0.39 is 16.0 Å². The number of likely N-dealkylation sites (tertiary alicyclic amines) is 1. The third-order valence-electron chi connectivity index (χ3n) is 5.35. The number of hydrogen-bond acceptors (Lipinski definition) is 4. The molecule has 2 heterocycles. The van der Waals surface area contributed by atoms with Gasteiger partial charge >= 0.3 is 5.97 Å². The van der Waals surface area contributed by atoms with E-state index in [0.29, 0.717) is 28.6 Å². The fraction of sp³-hybridized carbons (Fsp3) is 0.500. The van der Waals surface area contributed by atoms with E-state index in [9.17, 15) is 18.3 Å². The molecule has 1 aromatic heterocycles. The zero-order valence-electron chi connectivity index (χ0n) is 15.7. The number of carboxylic acids is 1. The van der Waals surface area contributed by atoms with Crippen molar-refractivity contribution < 1.29 is 18.3 Å². The summed E-state index contributed by atoms with van der Waals surface area (Å²) in [5, 5.41) is 15.9. The highest BCUT2D eigenvalue weighted by molar-refractivity contribution is 7.89. The quantitative estimate of drug-likeness (QED) is 0.798. The number of carboxylic acid groups (broad SMARTS) is 1. The van der Waals surface area contributed by atoms with Crippen LogP contribution in [0.2, 0.25) is 0 Å². The Morgan fingerprint density at radius 3 is 2.37 bits per heavy atom. The predicted molar refractivity (Wildman–Crippen MR) is 107 cm³/mol. The highest BCUT2D eigenvalue weighted by Gasteiger charge is 2.33. The molecule has 0 spiro atoms. The number of fused-ring (bicyclic) bond motifs is 1. The molecule has 7 nitrogen and oxygen atoms in total. The van der Waals surface area contributed by atoms with E-state index in [-0.39, 0.29) is 28.9 Å². The van der Waals surface area contributed by atoms with E-state index in [1.165, 1.54) is 0 Å². The van der Waals surface area contributed by atoms with Gasteiger partial charge in [0, 0.05) is 11.9 Å². The molecule has 0 radical (unpaired) electrons. The van der Waals surface area contributed by atoms with Gasteiger partial charge in [0.25, 0.3) is 0 Å². The largest absolute Gasteiger partial charge is 0.477 e. The van der Waals surface area contributed by atoms with Crippen LogP contribution in [0, 0.1) is 6.92 Å². The van der Waals surface area contributed by atoms with Crippen molar-refractivity contribution in [1.29, 1.82) is 0 Å². The van der Waals surface area contributed by atoms with Crippen molar-refractivity contribution in [3.63, 3.8) is 0 Å². The van der Waals surface area contributed by atoms with Gasteiger partial charge in [0.05, 0.1) is 10.4 Å². The zero-order valence-corrected chi connectivity index (χ0v) is 17.4. The van der Waals surface area contributed by atoms with Gasteiger partial charge in [-0.25, -0.2) is 18.4 Å². The maximum atomic E-state index is 12.3. The van der Waals surface area contributed by atoms with Crippen LogP contribution in [-0.2, 0) is 16.6 Å². The fourth-order valence-electron chi connectivity index (χ4n) is 4.17. The van der Waals surface area contributed by atoms with Crippen LogP contribution < -0.4 is 5.14 Å². The fourth-order valence-corrected chi connectivity index (χ4v) is 5.18. The lowest BCUT2D eigenvalue weighted by atomic mass is 9.87. The summed E-state index contributed by atoms with van der Waals surface area (Å²) in [6, 6.07) is 3.49. The third kappa shape index (κ3) is 3.71. The van der Waals surface area contributed by atoms with Crippen LogP contribution in [0.1, 0.15) is 47.3 Å². The summed E-state index contributed by atoms with van der Waals surface area (Å²) >= 11 is 0. The Balaban J connectivity index is 0.00000261. The van der Waals surface area contributed by atoms with Gasteiger partial charge in [-0.2, -0.15) is 0 Å². The SMILES string of the molecule is CCn1c(C(=O)O)c(C2CCN(C)CC2)c2c(S(N)(=O)=O)c(C)ccc21.Cl.